The summed E-state index contributed by atoms with van der Waals surface area (Å²) in [6.07, 6.45) is 0. The summed E-state index contributed by atoms with van der Waals surface area (Å²) in [6.45, 7) is 1.96. The van der Waals surface area contributed by atoms with Gasteiger partial charge in [-0.25, -0.2) is 0 Å². The molecule has 0 aliphatic rings. The Morgan fingerprint density at radius 2 is 2.24 bits per heavy atom. The Balaban J connectivity index is 2.77. The number of rotatable bonds is 5. The number of halogens is 2. The molecule has 0 fully saturated rings. The highest BCUT2D eigenvalue weighted by atomic mass is 79.9. The number of esters is 1. The Hall–Kier alpha value is -0.890. The zero-order valence-electron chi connectivity index (χ0n) is 8.76. The molecule has 0 amide bonds. The number of carbonyl (C=O) groups excluding carboxylic acids is 1. The van der Waals surface area contributed by atoms with Gasteiger partial charge in [-0.2, -0.15) is 0 Å². The lowest BCUT2D eigenvalue weighted by molar-refractivity contribution is -0.402. The predicted molar refractivity (Wildman–Crippen MR) is 66.4 cm³/mol. The van der Waals surface area contributed by atoms with Crippen LogP contribution in [0.2, 0.25) is 0 Å². The number of nitrogens with zero attached hydrogens (tertiary/aromatic N) is 1. The topological polar surface area (TPSA) is 82.6 Å². The Labute approximate surface area is 114 Å². The zero-order valence-corrected chi connectivity index (χ0v) is 11.9. The van der Waals surface area contributed by atoms with E-state index < -0.39 is 20.5 Å². The predicted octanol–water partition coefficient (Wildman–Crippen LogP) is 2.95. The Bertz CT molecular complexity index is 419. The van der Waals surface area contributed by atoms with Gasteiger partial charge in [0, 0.05) is 0 Å². The van der Waals surface area contributed by atoms with E-state index in [-0.39, 0.29) is 18.3 Å². The molecule has 1 aromatic rings. The van der Waals surface area contributed by atoms with Gasteiger partial charge in [0.1, 0.15) is 15.5 Å². The molecule has 1 aromatic heterocycles. The average Bonchev–Trinajstić information content (AvgIpc) is 2.76. The third-order valence-corrected chi connectivity index (χ3v) is 4.42. The molecule has 17 heavy (non-hydrogen) atoms. The summed E-state index contributed by atoms with van der Waals surface area (Å²) < 4.78 is 9.78. The third-order valence-electron chi connectivity index (χ3n) is 1.83. The first-order valence-corrected chi connectivity index (χ1v) is 6.49. The van der Waals surface area contributed by atoms with E-state index in [1.165, 1.54) is 12.1 Å². The number of ether oxygens (including phenoxy) is 1. The molecule has 0 spiro atoms. The lowest BCUT2D eigenvalue weighted by Gasteiger charge is -2.12. The van der Waals surface area contributed by atoms with E-state index in [0.717, 1.165) is 0 Å². The minimum absolute atomic E-state index is 0.263. The largest absolute Gasteiger partial charge is 0.465 e. The lowest BCUT2D eigenvalue weighted by Crippen LogP contribution is -2.21. The van der Waals surface area contributed by atoms with Gasteiger partial charge in [0.15, 0.2) is 0 Å². The lowest BCUT2D eigenvalue weighted by atomic mass is 10.2. The fourth-order valence-electron chi connectivity index (χ4n) is 1.07. The molecule has 0 N–H and O–H groups in total. The number of hydrogen-bond donors (Lipinski definition) is 0. The van der Waals surface area contributed by atoms with Crippen LogP contribution in [0.1, 0.15) is 17.5 Å². The first-order valence-electron chi connectivity index (χ1n) is 4.66. The van der Waals surface area contributed by atoms with Crippen molar-refractivity contribution in [3.63, 3.8) is 0 Å². The van der Waals surface area contributed by atoms with Crippen LogP contribution in [0, 0.1) is 10.1 Å². The smallest absolute Gasteiger partial charge is 0.433 e. The van der Waals surface area contributed by atoms with Crippen LogP contribution in [0.4, 0.5) is 5.88 Å². The molecule has 8 heteroatoms. The van der Waals surface area contributed by atoms with Crippen LogP contribution in [-0.4, -0.2) is 22.3 Å². The molecule has 0 aliphatic carbocycles. The van der Waals surface area contributed by atoms with Crippen LogP contribution in [0.15, 0.2) is 16.5 Å². The highest BCUT2D eigenvalue weighted by Crippen LogP contribution is 2.34. The molecule has 1 rings (SSSR count). The van der Waals surface area contributed by atoms with Crippen molar-refractivity contribution >= 4 is 43.7 Å². The second-order valence-corrected chi connectivity index (χ2v) is 4.96. The normalized spacial score (nSPS) is 14.1. The molecule has 0 aliphatic heterocycles. The quantitative estimate of drug-likeness (QED) is 0.344. The van der Waals surface area contributed by atoms with Gasteiger partial charge < -0.3 is 9.15 Å². The summed E-state index contributed by atoms with van der Waals surface area (Å²) in [6, 6.07) is 2.67. The van der Waals surface area contributed by atoms with Crippen molar-refractivity contribution in [2.24, 2.45) is 0 Å². The van der Waals surface area contributed by atoms with Crippen molar-refractivity contribution in [3.8, 4) is 0 Å². The van der Waals surface area contributed by atoms with Crippen molar-refractivity contribution < 1.29 is 18.9 Å². The van der Waals surface area contributed by atoms with Crippen LogP contribution < -0.4 is 0 Å². The van der Waals surface area contributed by atoms with E-state index in [4.69, 9.17) is 9.15 Å². The van der Waals surface area contributed by atoms with Crippen LogP contribution in [-0.2, 0) is 9.53 Å². The molecule has 2 atom stereocenters. The molecular weight excluding hydrogens is 362 g/mol. The number of alkyl halides is 2. The summed E-state index contributed by atoms with van der Waals surface area (Å²) in [5.41, 5.74) is 0. The summed E-state index contributed by atoms with van der Waals surface area (Å²) in [4.78, 5) is 20.0. The highest BCUT2D eigenvalue weighted by molar-refractivity contribution is 9.12. The Kier molecular flexibility index (Phi) is 5.13. The molecule has 0 saturated heterocycles. The van der Waals surface area contributed by atoms with Crippen molar-refractivity contribution in [2.45, 2.75) is 16.6 Å². The fraction of sp³-hybridized carbons (Fsp3) is 0.444. The number of carbonyl (C=O) groups is 1. The standard InChI is InChI=1S/C9H9Br2NO5/c1-2-16-9(13)8(11)7(10)5-3-4-6(17-5)12(14)15/h3-4,7-8H,2H2,1H3/t7-,8-/m1/s1. The molecule has 0 radical (unpaired) electrons. The van der Waals surface area contributed by atoms with Crippen molar-refractivity contribution in [2.75, 3.05) is 6.61 Å². The Morgan fingerprint density at radius 1 is 1.59 bits per heavy atom. The van der Waals surface area contributed by atoms with Gasteiger partial charge in [0.25, 0.3) is 0 Å². The molecule has 94 valence electrons. The van der Waals surface area contributed by atoms with E-state index in [1.807, 2.05) is 0 Å². The second-order valence-electron chi connectivity index (χ2n) is 2.99. The van der Waals surface area contributed by atoms with Crippen LogP contribution in [0.25, 0.3) is 0 Å². The SMILES string of the molecule is CCOC(=O)[C@H](Br)[C@H](Br)c1ccc([N+](=O)[O-])o1. The third kappa shape index (κ3) is 3.53. The van der Waals surface area contributed by atoms with E-state index in [9.17, 15) is 14.9 Å². The molecule has 0 bridgehead atoms. The molecule has 1 heterocycles. The number of furan rings is 1. The maximum absolute atomic E-state index is 11.4. The first-order chi connectivity index (χ1) is 7.97. The summed E-state index contributed by atoms with van der Waals surface area (Å²) in [5, 5.41) is 10.4. The van der Waals surface area contributed by atoms with Crippen molar-refractivity contribution in [1.82, 2.24) is 0 Å². The molecule has 0 saturated carbocycles. The van der Waals surface area contributed by atoms with Gasteiger partial charge in [0.2, 0.25) is 0 Å². The van der Waals surface area contributed by atoms with E-state index in [1.54, 1.807) is 6.92 Å². The van der Waals surface area contributed by atoms with Gasteiger partial charge in [-0.15, -0.1) is 0 Å². The van der Waals surface area contributed by atoms with Crippen LogP contribution in [0.5, 0.6) is 0 Å². The maximum atomic E-state index is 11.4. The van der Waals surface area contributed by atoms with Crippen LogP contribution >= 0.6 is 31.9 Å². The van der Waals surface area contributed by atoms with E-state index in [0.29, 0.717) is 0 Å². The average molecular weight is 371 g/mol. The molecule has 6 nitrogen and oxygen atoms in total. The minimum Gasteiger partial charge on any atom is -0.465 e. The zero-order chi connectivity index (χ0) is 13.0. The van der Waals surface area contributed by atoms with E-state index >= 15 is 0 Å². The van der Waals surface area contributed by atoms with Crippen LogP contribution in [0.3, 0.4) is 0 Å². The Morgan fingerprint density at radius 3 is 2.71 bits per heavy atom. The van der Waals surface area contributed by atoms with E-state index in [2.05, 4.69) is 31.9 Å². The van der Waals surface area contributed by atoms with Gasteiger partial charge >= 0.3 is 11.9 Å². The molecular formula is C9H9Br2NO5. The highest BCUT2D eigenvalue weighted by Gasteiger charge is 2.29. The van der Waals surface area contributed by atoms with Gasteiger partial charge in [-0.1, -0.05) is 31.9 Å². The summed E-state index contributed by atoms with van der Waals surface area (Å²) in [7, 11) is 0. The number of nitro groups is 1. The van der Waals surface area contributed by atoms with Gasteiger partial charge in [-0.05, 0) is 13.0 Å². The second kappa shape index (κ2) is 6.15. The van der Waals surface area contributed by atoms with Gasteiger partial charge in [0.05, 0.1) is 17.5 Å². The van der Waals surface area contributed by atoms with Crippen molar-refractivity contribution in [3.05, 3.63) is 28.0 Å². The summed E-state index contributed by atoms with van der Waals surface area (Å²) in [5.74, 6) is -0.548. The minimum atomic E-state index is -0.673. The van der Waals surface area contributed by atoms with Crippen molar-refractivity contribution in [1.29, 1.82) is 0 Å². The number of hydrogen-bond acceptors (Lipinski definition) is 5. The van der Waals surface area contributed by atoms with Gasteiger partial charge in [-0.3, -0.25) is 14.9 Å². The maximum Gasteiger partial charge on any atom is 0.433 e. The molecule has 0 unspecified atom stereocenters. The molecule has 0 aromatic carbocycles. The fourth-order valence-corrected chi connectivity index (χ4v) is 1.93. The summed E-state index contributed by atoms with van der Waals surface area (Å²) >= 11 is 6.36. The first kappa shape index (κ1) is 14.2. The monoisotopic (exact) mass is 369 g/mol.